The summed E-state index contributed by atoms with van der Waals surface area (Å²) in [6, 6.07) is 5.97. The van der Waals surface area contributed by atoms with Gasteiger partial charge in [-0.05, 0) is 45.4 Å². The van der Waals surface area contributed by atoms with Crippen LogP contribution in [0.2, 0.25) is 0 Å². The van der Waals surface area contributed by atoms with Crippen LogP contribution in [0.1, 0.15) is 36.1 Å². The fourth-order valence-electron chi connectivity index (χ4n) is 3.08. The van der Waals surface area contributed by atoms with Crippen LogP contribution in [-0.2, 0) is 14.6 Å². The lowest BCUT2D eigenvalue weighted by molar-refractivity contribution is 0.126. The van der Waals surface area contributed by atoms with Crippen LogP contribution in [0.5, 0.6) is 0 Å². The molecule has 0 aromatic heterocycles. The number of aryl methyl sites for hydroxylation is 2. The van der Waals surface area contributed by atoms with Crippen molar-refractivity contribution in [2.45, 2.75) is 44.6 Å². The first-order valence-electron chi connectivity index (χ1n) is 7.42. The third-order valence-electron chi connectivity index (χ3n) is 4.32. The number of nitrogens with one attached hydrogen (secondary N) is 1. The molecule has 2 rings (SSSR count). The van der Waals surface area contributed by atoms with Crippen molar-refractivity contribution >= 4 is 9.84 Å². The monoisotopic (exact) mass is 311 g/mol. The van der Waals surface area contributed by atoms with Gasteiger partial charge in [0.25, 0.3) is 0 Å². The molecule has 5 heteroatoms. The highest BCUT2D eigenvalue weighted by Crippen LogP contribution is 2.26. The van der Waals surface area contributed by atoms with Gasteiger partial charge in [-0.2, -0.15) is 0 Å². The number of rotatable bonds is 5. The lowest BCUT2D eigenvalue weighted by Crippen LogP contribution is -2.35. The molecule has 1 aromatic rings. The number of benzene rings is 1. The largest absolute Gasteiger partial charge is 0.377 e. The van der Waals surface area contributed by atoms with E-state index in [2.05, 4.69) is 11.4 Å². The molecule has 1 N–H and O–H groups in total. The molecule has 1 aliphatic rings. The van der Waals surface area contributed by atoms with Crippen molar-refractivity contribution in [2.24, 2.45) is 0 Å². The van der Waals surface area contributed by atoms with Gasteiger partial charge in [-0.15, -0.1) is 0 Å². The second kappa shape index (κ2) is 6.46. The molecule has 0 bridgehead atoms. The predicted molar refractivity (Wildman–Crippen MR) is 85.3 cm³/mol. The Hall–Kier alpha value is -0.910. The van der Waals surface area contributed by atoms with Crippen molar-refractivity contribution in [1.82, 2.24) is 5.32 Å². The second-order valence-corrected chi connectivity index (χ2v) is 8.20. The standard InChI is InChI=1S/C16H25NO3S/c1-11-5-6-14(12(2)9-11)15(17-4)10-21(18,19)16-7-8-20-13(16)3/h5-6,9,13,15-17H,7-8,10H2,1-4H3. The molecule has 3 unspecified atom stereocenters. The minimum absolute atomic E-state index is 0.117. The van der Waals surface area contributed by atoms with Crippen molar-refractivity contribution < 1.29 is 13.2 Å². The Morgan fingerprint density at radius 1 is 1.38 bits per heavy atom. The van der Waals surface area contributed by atoms with Crippen LogP contribution in [-0.4, -0.2) is 39.2 Å². The van der Waals surface area contributed by atoms with E-state index in [0.717, 1.165) is 11.1 Å². The van der Waals surface area contributed by atoms with Crippen LogP contribution in [0.25, 0.3) is 0 Å². The van der Waals surface area contributed by atoms with E-state index >= 15 is 0 Å². The quantitative estimate of drug-likeness (QED) is 0.905. The van der Waals surface area contributed by atoms with Gasteiger partial charge in [-0.3, -0.25) is 0 Å². The summed E-state index contributed by atoms with van der Waals surface area (Å²) >= 11 is 0. The first-order chi connectivity index (χ1) is 9.85. The molecule has 0 radical (unpaired) electrons. The Morgan fingerprint density at radius 2 is 2.10 bits per heavy atom. The second-order valence-electron chi connectivity index (χ2n) is 5.93. The molecule has 1 fully saturated rings. The molecule has 1 aromatic carbocycles. The summed E-state index contributed by atoms with van der Waals surface area (Å²) in [5.41, 5.74) is 3.37. The molecule has 1 saturated heterocycles. The van der Waals surface area contributed by atoms with Crippen molar-refractivity contribution in [1.29, 1.82) is 0 Å². The minimum atomic E-state index is -3.18. The molecule has 0 saturated carbocycles. The lowest BCUT2D eigenvalue weighted by atomic mass is 10.0. The zero-order chi connectivity index (χ0) is 15.6. The summed E-state index contributed by atoms with van der Waals surface area (Å²) in [5, 5.41) is 2.78. The van der Waals surface area contributed by atoms with Crippen LogP contribution in [0.4, 0.5) is 0 Å². The fourth-order valence-corrected chi connectivity index (χ4v) is 5.26. The third-order valence-corrected chi connectivity index (χ3v) is 6.66. The van der Waals surface area contributed by atoms with Crippen LogP contribution in [0.3, 0.4) is 0 Å². The van der Waals surface area contributed by atoms with Gasteiger partial charge in [0.15, 0.2) is 9.84 Å². The normalized spacial score (nSPS) is 24.2. The highest BCUT2D eigenvalue weighted by molar-refractivity contribution is 7.92. The van der Waals surface area contributed by atoms with Crippen LogP contribution in [0.15, 0.2) is 18.2 Å². The van der Waals surface area contributed by atoms with Crippen molar-refractivity contribution in [3.63, 3.8) is 0 Å². The summed E-state index contributed by atoms with van der Waals surface area (Å²) < 4.78 is 30.7. The van der Waals surface area contributed by atoms with Gasteiger partial charge in [-0.25, -0.2) is 8.42 Å². The SMILES string of the molecule is CNC(CS(=O)(=O)C1CCOC1C)c1ccc(C)cc1C. The maximum atomic E-state index is 12.6. The van der Waals surface area contributed by atoms with E-state index in [1.807, 2.05) is 40.0 Å². The smallest absolute Gasteiger partial charge is 0.157 e. The zero-order valence-electron chi connectivity index (χ0n) is 13.2. The van der Waals surface area contributed by atoms with E-state index in [4.69, 9.17) is 4.74 Å². The van der Waals surface area contributed by atoms with Gasteiger partial charge in [0.05, 0.1) is 17.1 Å². The van der Waals surface area contributed by atoms with Crippen molar-refractivity contribution in [3.8, 4) is 0 Å². The summed E-state index contributed by atoms with van der Waals surface area (Å²) in [6.07, 6.45) is 0.402. The highest BCUT2D eigenvalue weighted by Gasteiger charge is 2.37. The number of hydrogen-bond acceptors (Lipinski definition) is 4. The summed E-state index contributed by atoms with van der Waals surface area (Å²) in [4.78, 5) is 0. The Bertz CT molecular complexity index is 598. The Labute approximate surface area is 127 Å². The van der Waals surface area contributed by atoms with Crippen molar-refractivity contribution in [3.05, 3.63) is 34.9 Å². The van der Waals surface area contributed by atoms with Crippen molar-refractivity contribution in [2.75, 3.05) is 19.4 Å². The number of ether oxygens (including phenoxy) is 1. The third kappa shape index (κ3) is 3.65. The maximum Gasteiger partial charge on any atom is 0.157 e. The molecule has 0 spiro atoms. The van der Waals surface area contributed by atoms with E-state index in [-0.39, 0.29) is 23.1 Å². The average molecular weight is 311 g/mol. The van der Waals surface area contributed by atoms with E-state index in [9.17, 15) is 8.42 Å². The molecule has 1 aliphatic heterocycles. The topological polar surface area (TPSA) is 55.4 Å². The minimum Gasteiger partial charge on any atom is -0.377 e. The first kappa shape index (κ1) is 16.5. The number of sulfone groups is 1. The summed E-state index contributed by atoms with van der Waals surface area (Å²) in [5.74, 6) is 0.117. The fraction of sp³-hybridized carbons (Fsp3) is 0.625. The Balaban J connectivity index is 2.22. The van der Waals surface area contributed by atoms with Crippen LogP contribution in [0, 0.1) is 13.8 Å². The molecule has 0 aliphatic carbocycles. The molecule has 1 heterocycles. The first-order valence-corrected chi connectivity index (χ1v) is 9.14. The molecule has 3 atom stereocenters. The Morgan fingerprint density at radius 3 is 2.62 bits per heavy atom. The Kier molecular flexibility index (Phi) is 5.07. The predicted octanol–water partition coefficient (Wildman–Crippen LogP) is 2.16. The lowest BCUT2D eigenvalue weighted by Gasteiger charge is -2.22. The maximum absolute atomic E-state index is 12.6. The zero-order valence-corrected chi connectivity index (χ0v) is 14.0. The molecule has 118 valence electrons. The van der Waals surface area contributed by atoms with Gasteiger partial charge in [0.1, 0.15) is 0 Å². The molecular weight excluding hydrogens is 286 g/mol. The molecular formula is C16H25NO3S. The molecule has 21 heavy (non-hydrogen) atoms. The van der Waals surface area contributed by atoms with E-state index in [1.165, 1.54) is 5.56 Å². The van der Waals surface area contributed by atoms with Crippen LogP contribution >= 0.6 is 0 Å². The van der Waals surface area contributed by atoms with E-state index in [0.29, 0.717) is 13.0 Å². The molecule has 0 amide bonds. The average Bonchev–Trinajstić information content (AvgIpc) is 2.84. The van der Waals surface area contributed by atoms with Crippen LogP contribution < -0.4 is 5.32 Å². The van der Waals surface area contributed by atoms with Gasteiger partial charge in [0.2, 0.25) is 0 Å². The van der Waals surface area contributed by atoms with Gasteiger partial charge < -0.3 is 10.1 Å². The van der Waals surface area contributed by atoms with Gasteiger partial charge in [0, 0.05) is 12.6 Å². The van der Waals surface area contributed by atoms with E-state index < -0.39 is 9.84 Å². The highest BCUT2D eigenvalue weighted by atomic mass is 32.2. The summed E-state index contributed by atoms with van der Waals surface area (Å²) in [7, 11) is -1.37. The van der Waals surface area contributed by atoms with Gasteiger partial charge >= 0.3 is 0 Å². The summed E-state index contributed by atoms with van der Waals surface area (Å²) in [6.45, 7) is 6.46. The van der Waals surface area contributed by atoms with Gasteiger partial charge in [-0.1, -0.05) is 23.8 Å². The van der Waals surface area contributed by atoms with E-state index in [1.54, 1.807) is 0 Å². The number of hydrogen-bond donors (Lipinski definition) is 1. The molecule has 4 nitrogen and oxygen atoms in total.